The van der Waals surface area contributed by atoms with Crippen LogP contribution in [0.15, 0.2) is 95.4 Å². The van der Waals surface area contributed by atoms with Crippen LogP contribution < -0.4 is 5.32 Å². The zero-order valence-corrected chi connectivity index (χ0v) is 17.4. The number of nitrogens with one attached hydrogen (secondary N) is 1. The first-order valence-corrected chi connectivity index (χ1v) is 10.6. The summed E-state index contributed by atoms with van der Waals surface area (Å²) >= 11 is 0. The van der Waals surface area contributed by atoms with E-state index in [4.69, 9.17) is 4.99 Å². The molecule has 0 radical (unpaired) electrons. The molecule has 1 amide bonds. The minimum absolute atomic E-state index is 0.0936. The van der Waals surface area contributed by atoms with Gasteiger partial charge in [0.05, 0.1) is 18.3 Å². The smallest absolute Gasteiger partial charge is 0.274 e. The van der Waals surface area contributed by atoms with E-state index in [-0.39, 0.29) is 23.4 Å². The molecule has 6 heteroatoms. The molecule has 2 aliphatic rings. The summed E-state index contributed by atoms with van der Waals surface area (Å²) in [6.07, 6.45) is 1.03. The third-order valence-corrected chi connectivity index (χ3v) is 5.80. The summed E-state index contributed by atoms with van der Waals surface area (Å²) in [6, 6.07) is 23.9. The number of fused-ring (bicyclic) bond motifs is 1. The first-order chi connectivity index (χ1) is 15.6. The molecule has 2 aliphatic heterocycles. The molecule has 3 aromatic carbocycles. The quantitative estimate of drug-likeness (QED) is 0.582. The average Bonchev–Trinajstić information content (AvgIpc) is 3.12. The standard InChI is InChI=1S/C26H23N3O3/c30-20-10-6-18(7-11-20)15-23-26(32)29-16-24(19-8-12-21(31)13-9-19)27-22(25(29)28-23)14-17-4-2-1-3-5-17/h1-13,24,27,30-31H,14-16H2. The molecular formula is C26H23N3O3. The van der Waals surface area contributed by atoms with Crippen molar-refractivity contribution in [2.75, 3.05) is 6.54 Å². The molecule has 0 fully saturated rings. The Bertz CT molecular complexity index is 1200. The van der Waals surface area contributed by atoms with Gasteiger partial charge in [-0.1, -0.05) is 54.6 Å². The van der Waals surface area contributed by atoms with Crippen LogP contribution in [0.25, 0.3) is 0 Å². The Morgan fingerprint density at radius 2 is 1.47 bits per heavy atom. The lowest BCUT2D eigenvalue weighted by Crippen LogP contribution is -2.43. The average molecular weight is 425 g/mol. The normalized spacial score (nSPS) is 17.8. The van der Waals surface area contributed by atoms with Crippen molar-refractivity contribution < 1.29 is 15.0 Å². The predicted molar refractivity (Wildman–Crippen MR) is 122 cm³/mol. The van der Waals surface area contributed by atoms with E-state index >= 15 is 0 Å². The van der Waals surface area contributed by atoms with Crippen LogP contribution >= 0.6 is 0 Å². The number of carbonyl (C=O) groups is 1. The summed E-state index contributed by atoms with van der Waals surface area (Å²) < 4.78 is 0. The van der Waals surface area contributed by atoms with Gasteiger partial charge in [0.1, 0.15) is 17.2 Å². The number of aromatic hydroxyl groups is 2. The first-order valence-electron chi connectivity index (χ1n) is 10.6. The van der Waals surface area contributed by atoms with E-state index in [1.165, 1.54) is 0 Å². The molecule has 32 heavy (non-hydrogen) atoms. The second-order valence-electron chi connectivity index (χ2n) is 8.07. The molecule has 0 saturated carbocycles. The summed E-state index contributed by atoms with van der Waals surface area (Å²) in [5.74, 6) is 0.980. The highest BCUT2D eigenvalue weighted by molar-refractivity contribution is 6.41. The number of hydrogen-bond acceptors (Lipinski definition) is 5. The Kier molecular flexibility index (Phi) is 5.11. The summed E-state index contributed by atoms with van der Waals surface area (Å²) in [6.45, 7) is 0.458. The van der Waals surface area contributed by atoms with Crippen LogP contribution in [0.5, 0.6) is 11.5 Å². The number of phenols is 2. The number of allylic oxidation sites excluding steroid dienone is 1. The number of benzene rings is 3. The minimum Gasteiger partial charge on any atom is -0.508 e. The number of phenolic OH excluding ortho intramolecular Hbond substituents is 2. The molecule has 1 atom stereocenters. The monoisotopic (exact) mass is 425 g/mol. The summed E-state index contributed by atoms with van der Waals surface area (Å²) in [5, 5.41) is 22.8. The number of nitrogens with zero attached hydrogens (tertiary/aromatic N) is 2. The van der Waals surface area contributed by atoms with Gasteiger partial charge in [0.2, 0.25) is 0 Å². The number of rotatable bonds is 5. The zero-order valence-electron chi connectivity index (χ0n) is 17.4. The lowest BCUT2D eigenvalue weighted by atomic mass is 10.0. The van der Waals surface area contributed by atoms with Crippen LogP contribution in [0.1, 0.15) is 22.7 Å². The largest absolute Gasteiger partial charge is 0.508 e. The predicted octanol–water partition coefficient (Wildman–Crippen LogP) is 3.68. The van der Waals surface area contributed by atoms with E-state index in [9.17, 15) is 15.0 Å². The van der Waals surface area contributed by atoms with Crippen LogP contribution in [0, 0.1) is 0 Å². The maximum atomic E-state index is 13.3. The van der Waals surface area contributed by atoms with Crippen molar-refractivity contribution in [2.24, 2.45) is 4.99 Å². The van der Waals surface area contributed by atoms with Crippen molar-refractivity contribution in [3.8, 4) is 11.5 Å². The lowest BCUT2D eigenvalue weighted by Gasteiger charge is -2.33. The van der Waals surface area contributed by atoms with E-state index in [1.807, 2.05) is 30.3 Å². The van der Waals surface area contributed by atoms with Crippen LogP contribution in [-0.4, -0.2) is 33.3 Å². The second-order valence-corrected chi connectivity index (χ2v) is 8.07. The molecule has 1 unspecified atom stereocenters. The molecule has 3 aromatic rings. The van der Waals surface area contributed by atoms with Gasteiger partial charge in [-0.15, -0.1) is 0 Å². The minimum atomic E-state index is -0.106. The van der Waals surface area contributed by atoms with E-state index in [0.717, 1.165) is 22.4 Å². The van der Waals surface area contributed by atoms with Gasteiger partial charge in [-0.25, -0.2) is 4.99 Å². The van der Waals surface area contributed by atoms with Crippen LogP contribution in [0.2, 0.25) is 0 Å². The number of aliphatic imine (C=N–C) groups is 1. The number of amides is 1. The third-order valence-electron chi connectivity index (χ3n) is 5.80. The van der Waals surface area contributed by atoms with Gasteiger partial charge in [-0.3, -0.25) is 9.69 Å². The maximum absolute atomic E-state index is 13.3. The summed E-state index contributed by atoms with van der Waals surface area (Å²) in [7, 11) is 0. The Labute approximate surface area is 186 Å². The van der Waals surface area contributed by atoms with Crippen LogP contribution in [-0.2, 0) is 17.6 Å². The molecule has 0 aromatic heterocycles. The van der Waals surface area contributed by atoms with Crippen molar-refractivity contribution in [3.05, 3.63) is 107 Å². The fraction of sp³-hybridized carbons (Fsp3) is 0.154. The van der Waals surface area contributed by atoms with E-state index in [1.54, 1.807) is 41.3 Å². The zero-order chi connectivity index (χ0) is 22.1. The third kappa shape index (κ3) is 3.95. The Balaban J connectivity index is 1.48. The van der Waals surface area contributed by atoms with Gasteiger partial charge in [-0.2, -0.15) is 0 Å². The van der Waals surface area contributed by atoms with Gasteiger partial charge in [0.25, 0.3) is 5.91 Å². The second kappa shape index (κ2) is 8.23. The molecule has 2 heterocycles. The fourth-order valence-electron chi connectivity index (χ4n) is 4.14. The van der Waals surface area contributed by atoms with Crippen molar-refractivity contribution in [1.29, 1.82) is 0 Å². The Hall–Kier alpha value is -4.06. The van der Waals surface area contributed by atoms with Crippen LogP contribution in [0.3, 0.4) is 0 Å². The van der Waals surface area contributed by atoms with Gasteiger partial charge in [-0.05, 0) is 41.0 Å². The first kappa shape index (κ1) is 19.9. The molecule has 5 rings (SSSR count). The van der Waals surface area contributed by atoms with Gasteiger partial charge >= 0.3 is 0 Å². The number of carbonyl (C=O) groups excluding carboxylic acids is 1. The van der Waals surface area contributed by atoms with E-state index < -0.39 is 0 Å². The Morgan fingerprint density at radius 3 is 2.16 bits per heavy atom. The highest BCUT2D eigenvalue weighted by Crippen LogP contribution is 2.32. The van der Waals surface area contributed by atoms with Crippen LogP contribution in [0.4, 0.5) is 0 Å². The van der Waals surface area contributed by atoms with Gasteiger partial charge in [0, 0.05) is 12.8 Å². The molecule has 0 saturated heterocycles. The molecule has 6 nitrogen and oxygen atoms in total. The molecule has 0 bridgehead atoms. The lowest BCUT2D eigenvalue weighted by molar-refractivity contribution is -0.122. The molecule has 3 N–H and O–H groups in total. The molecule has 160 valence electrons. The molecular weight excluding hydrogens is 402 g/mol. The topological polar surface area (TPSA) is 85.2 Å². The number of hydrogen-bond donors (Lipinski definition) is 3. The SMILES string of the molecule is O=C1C(Cc2ccc(O)cc2)=NC2=C(Cc3ccccc3)NC(c3ccc(O)cc3)CN12. The van der Waals surface area contributed by atoms with Crippen molar-refractivity contribution in [1.82, 2.24) is 10.2 Å². The van der Waals surface area contributed by atoms with Crippen molar-refractivity contribution in [2.45, 2.75) is 18.9 Å². The van der Waals surface area contributed by atoms with Gasteiger partial charge < -0.3 is 15.5 Å². The fourth-order valence-corrected chi connectivity index (χ4v) is 4.14. The Morgan fingerprint density at radius 1 is 0.844 bits per heavy atom. The summed E-state index contributed by atoms with van der Waals surface area (Å²) in [5.41, 5.74) is 4.43. The highest BCUT2D eigenvalue weighted by Gasteiger charge is 2.37. The van der Waals surface area contributed by atoms with Crippen molar-refractivity contribution >= 4 is 11.6 Å². The summed E-state index contributed by atoms with van der Waals surface area (Å²) in [4.78, 5) is 19.8. The maximum Gasteiger partial charge on any atom is 0.274 e. The van der Waals surface area contributed by atoms with Crippen molar-refractivity contribution in [3.63, 3.8) is 0 Å². The highest BCUT2D eigenvalue weighted by atomic mass is 16.3. The van der Waals surface area contributed by atoms with E-state index in [0.29, 0.717) is 30.9 Å². The molecule has 0 aliphatic carbocycles. The van der Waals surface area contributed by atoms with Gasteiger partial charge in [0.15, 0.2) is 5.82 Å². The molecule has 0 spiro atoms. The van der Waals surface area contributed by atoms with E-state index in [2.05, 4.69) is 17.4 Å².